The van der Waals surface area contributed by atoms with Crippen LogP contribution >= 0.6 is 11.3 Å². The predicted octanol–water partition coefficient (Wildman–Crippen LogP) is 2.65. The zero-order valence-electron chi connectivity index (χ0n) is 12.4. The summed E-state index contributed by atoms with van der Waals surface area (Å²) in [4.78, 5) is 20.5. The third kappa shape index (κ3) is 3.46. The van der Waals surface area contributed by atoms with Gasteiger partial charge in [0.25, 0.3) is 5.56 Å². The zero-order valence-corrected chi connectivity index (χ0v) is 14.0. The molecule has 0 aliphatic carbocycles. The van der Waals surface area contributed by atoms with Crippen molar-refractivity contribution >= 4 is 31.3 Å². The van der Waals surface area contributed by atoms with Gasteiger partial charge in [0, 0.05) is 10.5 Å². The van der Waals surface area contributed by atoms with Crippen LogP contribution in [-0.4, -0.2) is 24.1 Å². The Balaban J connectivity index is 2.07. The van der Waals surface area contributed by atoms with E-state index < -0.39 is 9.84 Å². The van der Waals surface area contributed by atoms with Crippen LogP contribution in [0.1, 0.15) is 12.6 Å². The molecule has 3 aromatic rings. The molecule has 3 rings (SSSR count). The second-order valence-corrected chi connectivity index (χ2v) is 8.39. The average Bonchev–Trinajstić information content (AvgIpc) is 2.55. The Morgan fingerprint density at radius 3 is 2.61 bits per heavy atom. The molecule has 0 bridgehead atoms. The minimum atomic E-state index is -3.16. The summed E-state index contributed by atoms with van der Waals surface area (Å²) in [5.74, 6) is -0.0414. The topological polar surface area (TPSA) is 77.0 Å². The predicted molar refractivity (Wildman–Crippen MR) is 92.3 cm³/mol. The van der Waals surface area contributed by atoms with Crippen LogP contribution in [0, 0.1) is 0 Å². The molecule has 0 saturated heterocycles. The lowest BCUT2D eigenvalue weighted by molar-refractivity contribution is 0.596. The molecule has 0 aliphatic heterocycles. The van der Waals surface area contributed by atoms with Gasteiger partial charge in [-0.05, 0) is 24.3 Å². The van der Waals surface area contributed by atoms with Gasteiger partial charge < -0.3 is 0 Å². The largest absolute Gasteiger partial charge is 0.279 e. The van der Waals surface area contributed by atoms with E-state index in [4.69, 9.17) is 0 Å². The van der Waals surface area contributed by atoms with E-state index in [0.29, 0.717) is 21.8 Å². The normalized spacial score (nSPS) is 11.7. The summed E-state index contributed by atoms with van der Waals surface area (Å²) >= 11 is 1.36. The molecule has 0 amide bonds. The van der Waals surface area contributed by atoms with Crippen LogP contribution in [0.4, 0.5) is 0 Å². The number of aromatic nitrogens is 2. The third-order valence-electron chi connectivity index (χ3n) is 3.36. The van der Waals surface area contributed by atoms with Crippen molar-refractivity contribution < 1.29 is 8.42 Å². The second-order valence-electron chi connectivity index (χ2n) is 5.01. The van der Waals surface area contributed by atoms with Crippen LogP contribution in [0.25, 0.3) is 20.8 Å². The molecular formula is C16H14N2O3S2. The molecule has 23 heavy (non-hydrogen) atoms. The molecule has 5 nitrogen and oxygen atoms in total. The maximum atomic E-state index is 12.1. The van der Waals surface area contributed by atoms with Gasteiger partial charge >= 0.3 is 0 Å². The summed E-state index contributed by atoms with van der Waals surface area (Å²) in [7, 11) is -3.16. The fourth-order valence-corrected chi connectivity index (χ4v) is 3.91. The fourth-order valence-electron chi connectivity index (χ4n) is 2.13. The Labute approximate surface area is 137 Å². The van der Waals surface area contributed by atoms with Crippen LogP contribution in [0.15, 0.2) is 47.3 Å². The number of benzene rings is 1. The van der Waals surface area contributed by atoms with Gasteiger partial charge in [0.05, 0.1) is 22.5 Å². The van der Waals surface area contributed by atoms with E-state index >= 15 is 0 Å². The highest BCUT2D eigenvalue weighted by Gasteiger charge is 2.12. The number of sulfone groups is 1. The number of pyridine rings is 1. The number of hydrogen-bond donors (Lipinski definition) is 0. The van der Waals surface area contributed by atoms with Gasteiger partial charge in [-0.15, -0.1) is 11.3 Å². The van der Waals surface area contributed by atoms with Crippen molar-refractivity contribution in [2.45, 2.75) is 12.7 Å². The average molecular weight is 346 g/mol. The summed E-state index contributed by atoms with van der Waals surface area (Å²) in [5.41, 5.74) is 0.670. The summed E-state index contributed by atoms with van der Waals surface area (Å²) in [5, 5.41) is 1.07. The van der Waals surface area contributed by atoms with Gasteiger partial charge in [-0.1, -0.05) is 25.1 Å². The van der Waals surface area contributed by atoms with E-state index in [2.05, 4.69) is 9.97 Å². The van der Waals surface area contributed by atoms with Crippen molar-refractivity contribution in [1.82, 2.24) is 9.97 Å². The van der Waals surface area contributed by atoms with Crippen LogP contribution < -0.4 is 5.56 Å². The Hall–Kier alpha value is -2.12. The van der Waals surface area contributed by atoms with E-state index in [9.17, 15) is 13.2 Å². The standard InChI is InChI=1S/C16H14N2O3S2/c1-2-23(20,21)10-11-6-5-8-13(17-11)16-18-15(19)12-7-3-4-9-14(12)22-16/h3-9H,2,10H2,1H3. The lowest BCUT2D eigenvalue weighted by atomic mass is 10.3. The molecule has 0 fully saturated rings. The van der Waals surface area contributed by atoms with Gasteiger partial charge in [0.15, 0.2) is 9.84 Å². The third-order valence-corrected chi connectivity index (χ3v) is 6.05. The molecule has 0 aliphatic rings. The fraction of sp³-hybridized carbons (Fsp3) is 0.188. The minimum Gasteiger partial charge on any atom is -0.267 e. The first-order valence-electron chi connectivity index (χ1n) is 7.05. The van der Waals surface area contributed by atoms with E-state index in [0.717, 1.165) is 4.70 Å². The van der Waals surface area contributed by atoms with E-state index in [1.54, 1.807) is 37.3 Å². The van der Waals surface area contributed by atoms with Gasteiger partial charge in [-0.2, -0.15) is 4.98 Å². The molecule has 0 spiro atoms. The first-order chi connectivity index (χ1) is 11.0. The molecule has 118 valence electrons. The van der Waals surface area contributed by atoms with Gasteiger partial charge in [0.2, 0.25) is 0 Å². The molecule has 0 atom stereocenters. The molecule has 0 radical (unpaired) electrons. The molecule has 0 unspecified atom stereocenters. The lowest BCUT2D eigenvalue weighted by Gasteiger charge is -2.04. The summed E-state index contributed by atoms with van der Waals surface area (Å²) in [6.45, 7) is 1.61. The molecule has 2 aromatic heterocycles. The number of fused-ring (bicyclic) bond motifs is 1. The van der Waals surface area contributed by atoms with Crippen molar-refractivity contribution in [2.75, 3.05) is 5.75 Å². The van der Waals surface area contributed by atoms with Crippen molar-refractivity contribution in [2.24, 2.45) is 0 Å². The highest BCUT2D eigenvalue weighted by Crippen LogP contribution is 2.24. The van der Waals surface area contributed by atoms with Gasteiger partial charge in [0.1, 0.15) is 5.01 Å². The molecular weight excluding hydrogens is 332 g/mol. The highest BCUT2D eigenvalue weighted by molar-refractivity contribution is 7.90. The lowest BCUT2D eigenvalue weighted by Crippen LogP contribution is -2.09. The zero-order chi connectivity index (χ0) is 16.4. The van der Waals surface area contributed by atoms with E-state index in [-0.39, 0.29) is 17.1 Å². The van der Waals surface area contributed by atoms with Crippen molar-refractivity contribution in [3.63, 3.8) is 0 Å². The number of hydrogen-bond acceptors (Lipinski definition) is 6. The second kappa shape index (κ2) is 6.17. The van der Waals surface area contributed by atoms with Crippen molar-refractivity contribution in [3.8, 4) is 10.7 Å². The van der Waals surface area contributed by atoms with Crippen molar-refractivity contribution in [3.05, 3.63) is 58.5 Å². The maximum Gasteiger partial charge on any atom is 0.279 e. The van der Waals surface area contributed by atoms with E-state index in [1.807, 2.05) is 12.1 Å². The Bertz CT molecular complexity index is 1030. The molecule has 0 N–H and O–H groups in total. The first-order valence-corrected chi connectivity index (χ1v) is 9.69. The summed E-state index contributed by atoms with van der Waals surface area (Å²) < 4.78 is 24.3. The minimum absolute atomic E-state index is 0.0699. The molecule has 2 heterocycles. The Morgan fingerprint density at radius 2 is 1.83 bits per heavy atom. The highest BCUT2D eigenvalue weighted by atomic mass is 32.2. The summed E-state index contributed by atoms with van der Waals surface area (Å²) in [6.07, 6.45) is 0. The SMILES string of the molecule is CCS(=O)(=O)Cc1cccc(-c2nc(=O)c3ccccc3s2)n1. The molecule has 1 aromatic carbocycles. The smallest absolute Gasteiger partial charge is 0.267 e. The number of rotatable bonds is 4. The van der Waals surface area contributed by atoms with Crippen LogP contribution in [0.2, 0.25) is 0 Å². The summed E-state index contributed by atoms with van der Waals surface area (Å²) in [6, 6.07) is 12.4. The maximum absolute atomic E-state index is 12.1. The monoisotopic (exact) mass is 346 g/mol. The Kier molecular flexibility index (Phi) is 4.23. The Morgan fingerprint density at radius 1 is 1.04 bits per heavy atom. The first kappa shape index (κ1) is 15.8. The van der Waals surface area contributed by atoms with E-state index in [1.165, 1.54) is 11.3 Å². The molecule has 0 saturated carbocycles. The van der Waals surface area contributed by atoms with Crippen molar-refractivity contribution in [1.29, 1.82) is 0 Å². The molecule has 7 heteroatoms. The number of nitrogens with zero attached hydrogens (tertiary/aromatic N) is 2. The van der Waals surface area contributed by atoms with Crippen LogP contribution in [-0.2, 0) is 15.6 Å². The van der Waals surface area contributed by atoms with Crippen LogP contribution in [0.3, 0.4) is 0 Å². The van der Waals surface area contributed by atoms with Crippen LogP contribution in [0.5, 0.6) is 0 Å². The van der Waals surface area contributed by atoms with Gasteiger partial charge in [-0.3, -0.25) is 4.79 Å². The van der Waals surface area contributed by atoms with Gasteiger partial charge in [-0.25, -0.2) is 13.4 Å². The quantitative estimate of drug-likeness (QED) is 0.726.